The first kappa shape index (κ1) is 10.5. The second-order valence-electron chi connectivity index (χ2n) is 4.36. The zero-order valence-corrected chi connectivity index (χ0v) is 9.28. The number of rotatable bonds is 3. The number of hydrogen-bond donors (Lipinski definition) is 0. The molecule has 0 unspecified atom stereocenters. The highest BCUT2D eigenvalue weighted by Gasteiger charge is 2.22. The molecule has 79 valence electrons. The van der Waals surface area contributed by atoms with Gasteiger partial charge in [-0.3, -0.25) is 0 Å². The van der Waals surface area contributed by atoms with Crippen LogP contribution in [-0.4, -0.2) is 0 Å². The van der Waals surface area contributed by atoms with E-state index >= 15 is 0 Å². The van der Waals surface area contributed by atoms with E-state index in [1.54, 1.807) is 0 Å². The maximum atomic E-state index is 3.98. The molecule has 0 aromatic heterocycles. The van der Waals surface area contributed by atoms with Crippen LogP contribution in [0, 0.1) is 11.8 Å². The van der Waals surface area contributed by atoms with Crippen molar-refractivity contribution in [1.29, 1.82) is 0 Å². The van der Waals surface area contributed by atoms with E-state index < -0.39 is 0 Å². The molecule has 1 aliphatic carbocycles. The van der Waals surface area contributed by atoms with Crippen LogP contribution in [0.1, 0.15) is 37.7 Å². The minimum atomic E-state index is 0.749. The molecule has 2 rings (SSSR count). The fourth-order valence-electron chi connectivity index (χ4n) is 2.56. The molecule has 1 aromatic carbocycles. The fraction of sp³-hybridized carbons (Fsp3) is 0.400. The van der Waals surface area contributed by atoms with Crippen molar-refractivity contribution in [2.24, 2.45) is 5.92 Å². The Hall–Kier alpha value is -1.04. The molecule has 1 saturated carbocycles. The summed E-state index contributed by atoms with van der Waals surface area (Å²) < 4.78 is 0. The molecule has 0 N–H and O–H groups in total. The molecule has 0 heteroatoms. The van der Waals surface area contributed by atoms with E-state index in [0.29, 0.717) is 0 Å². The zero-order valence-electron chi connectivity index (χ0n) is 9.28. The first-order valence-electron chi connectivity index (χ1n) is 5.96. The molecular formula is C15H19. The summed E-state index contributed by atoms with van der Waals surface area (Å²) in [7, 11) is 0. The summed E-state index contributed by atoms with van der Waals surface area (Å²) in [6, 6.07) is 10.7. The van der Waals surface area contributed by atoms with Crippen molar-refractivity contribution < 1.29 is 0 Å². The van der Waals surface area contributed by atoms with Gasteiger partial charge < -0.3 is 0 Å². The average Bonchev–Trinajstić information content (AvgIpc) is 2.33. The smallest absolute Gasteiger partial charge is 0.0292 e. The predicted molar refractivity (Wildman–Crippen MR) is 65.6 cm³/mol. The Balaban J connectivity index is 2.12. The zero-order chi connectivity index (χ0) is 10.5. The Morgan fingerprint density at radius 1 is 1.07 bits per heavy atom. The third-order valence-corrected chi connectivity index (χ3v) is 3.37. The summed E-state index contributed by atoms with van der Waals surface area (Å²) in [6.45, 7) is 3.98. The van der Waals surface area contributed by atoms with Gasteiger partial charge in [0.2, 0.25) is 0 Å². The van der Waals surface area contributed by atoms with Crippen LogP contribution in [0.5, 0.6) is 0 Å². The summed E-state index contributed by atoms with van der Waals surface area (Å²) >= 11 is 0. The van der Waals surface area contributed by atoms with Gasteiger partial charge in [-0.25, -0.2) is 0 Å². The van der Waals surface area contributed by atoms with Gasteiger partial charge in [-0.1, -0.05) is 55.7 Å². The first-order chi connectivity index (χ1) is 7.42. The van der Waals surface area contributed by atoms with Crippen LogP contribution in [0.4, 0.5) is 0 Å². The van der Waals surface area contributed by atoms with Crippen LogP contribution < -0.4 is 0 Å². The van der Waals surface area contributed by atoms with E-state index in [1.807, 2.05) is 0 Å². The molecule has 1 fully saturated rings. The minimum absolute atomic E-state index is 0.749. The summed E-state index contributed by atoms with van der Waals surface area (Å²) in [5.41, 5.74) is 1.36. The molecule has 1 aromatic rings. The van der Waals surface area contributed by atoms with E-state index in [-0.39, 0.29) is 0 Å². The fourth-order valence-corrected chi connectivity index (χ4v) is 2.56. The van der Waals surface area contributed by atoms with Gasteiger partial charge in [-0.15, -0.1) is 6.58 Å². The van der Waals surface area contributed by atoms with Crippen LogP contribution in [0.15, 0.2) is 43.0 Å². The molecule has 0 heterocycles. The van der Waals surface area contributed by atoms with Crippen molar-refractivity contribution in [3.8, 4) is 0 Å². The number of hydrogen-bond acceptors (Lipinski definition) is 0. The first-order valence-corrected chi connectivity index (χ1v) is 5.96. The summed E-state index contributed by atoms with van der Waals surface area (Å²) in [4.78, 5) is 0. The summed E-state index contributed by atoms with van der Waals surface area (Å²) in [5, 5.41) is 0. The number of allylic oxidation sites excluding steroid dienone is 1. The van der Waals surface area contributed by atoms with Crippen LogP contribution in [-0.2, 0) is 0 Å². The SMILES string of the molecule is C=C[C](c1ccccc1)C1CCCCC1. The van der Waals surface area contributed by atoms with Gasteiger partial charge in [-0.2, -0.15) is 0 Å². The molecule has 0 spiro atoms. The van der Waals surface area contributed by atoms with Crippen molar-refractivity contribution >= 4 is 0 Å². The predicted octanol–water partition coefficient (Wildman–Crippen LogP) is 4.38. The topological polar surface area (TPSA) is 0 Å². The summed E-state index contributed by atoms with van der Waals surface area (Å²) in [6.07, 6.45) is 8.93. The third-order valence-electron chi connectivity index (χ3n) is 3.37. The van der Waals surface area contributed by atoms with E-state index in [0.717, 1.165) is 5.92 Å². The molecule has 0 nitrogen and oxygen atoms in total. The molecule has 0 atom stereocenters. The van der Waals surface area contributed by atoms with Crippen LogP contribution >= 0.6 is 0 Å². The van der Waals surface area contributed by atoms with Crippen molar-refractivity contribution in [3.05, 3.63) is 54.5 Å². The lowest BCUT2D eigenvalue weighted by atomic mass is 9.77. The van der Waals surface area contributed by atoms with Crippen LogP contribution in [0.3, 0.4) is 0 Å². The van der Waals surface area contributed by atoms with Gasteiger partial charge in [0.15, 0.2) is 0 Å². The maximum Gasteiger partial charge on any atom is 0.0292 e. The standard InChI is InChI=1S/C15H19/c1-2-15(13-9-5-3-6-10-13)14-11-7-4-8-12-14/h2-3,5-6,9-10,14H,1,4,7-8,11-12H2. The Kier molecular flexibility index (Phi) is 3.60. The van der Waals surface area contributed by atoms with Crippen molar-refractivity contribution in [1.82, 2.24) is 0 Å². The Labute approximate surface area is 93.0 Å². The maximum absolute atomic E-state index is 3.98. The normalized spacial score (nSPS) is 17.9. The van der Waals surface area contributed by atoms with Gasteiger partial charge in [0, 0.05) is 5.92 Å². The monoisotopic (exact) mass is 199 g/mol. The lowest BCUT2D eigenvalue weighted by Crippen LogP contribution is -2.15. The Bertz CT molecular complexity index is 293. The highest BCUT2D eigenvalue weighted by molar-refractivity contribution is 5.37. The molecule has 15 heavy (non-hydrogen) atoms. The van der Waals surface area contributed by atoms with Crippen LogP contribution in [0.25, 0.3) is 0 Å². The molecule has 1 radical (unpaired) electrons. The van der Waals surface area contributed by atoms with Crippen molar-refractivity contribution in [2.75, 3.05) is 0 Å². The lowest BCUT2D eigenvalue weighted by molar-refractivity contribution is 0.386. The van der Waals surface area contributed by atoms with E-state index in [2.05, 4.69) is 43.0 Å². The van der Waals surface area contributed by atoms with E-state index in [4.69, 9.17) is 0 Å². The second-order valence-corrected chi connectivity index (χ2v) is 4.36. The number of benzene rings is 1. The Morgan fingerprint density at radius 2 is 1.73 bits per heavy atom. The Morgan fingerprint density at radius 3 is 2.33 bits per heavy atom. The molecule has 1 aliphatic rings. The molecule has 0 bridgehead atoms. The summed E-state index contributed by atoms with van der Waals surface area (Å²) in [5.74, 6) is 2.20. The van der Waals surface area contributed by atoms with Gasteiger partial charge >= 0.3 is 0 Å². The highest BCUT2D eigenvalue weighted by Crippen LogP contribution is 2.35. The van der Waals surface area contributed by atoms with Gasteiger partial charge in [-0.05, 0) is 24.3 Å². The minimum Gasteiger partial charge on any atom is -0.102 e. The van der Waals surface area contributed by atoms with Crippen LogP contribution in [0.2, 0.25) is 0 Å². The van der Waals surface area contributed by atoms with Crippen molar-refractivity contribution in [2.45, 2.75) is 32.1 Å². The molecule has 0 aliphatic heterocycles. The largest absolute Gasteiger partial charge is 0.102 e. The quantitative estimate of drug-likeness (QED) is 0.678. The third kappa shape index (κ3) is 2.50. The van der Waals surface area contributed by atoms with Gasteiger partial charge in [0.25, 0.3) is 0 Å². The molecule has 0 saturated heterocycles. The molecule has 0 amide bonds. The average molecular weight is 199 g/mol. The highest BCUT2D eigenvalue weighted by atomic mass is 14.3. The van der Waals surface area contributed by atoms with E-state index in [9.17, 15) is 0 Å². The second kappa shape index (κ2) is 5.16. The van der Waals surface area contributed by atoms with Crippen molar-refractivity contribution in [3.63, 3.8) is 0 Å². The van der Waals surface area contributed by atoms with E-state index in [1.165, 1.54) is 43.6 Å². The van der Waals surface area contributed by atoms with Gasteiger partial charge in [0.05, 0.1) is 0 Å². The lowest BCUT2D eigenvalue weighted by Gasteiger charge is -2.27. The van der Waals surface area contributed by atoms with Gasteiger partial charge in [0.1, 0.15) is 0 Å². The molecular weight excluding hydrogens is 180 g/mol.